The molecule has 0 N–H and O–H groups in total. The lowest BCUT2D eigenvalue weighted by Crippen LogP contribution is -2.20. The van der Waals surface area contributed by atoms with Crippen LogP contribution in [0, 0.1) is 5.92 Å². The molecule has 7 heteroatoms. The number of esters is 1. The molecule has 0 fully saturated rings. The fourth-order valence-electron chi connectivity index (χ4n) is 1.69. The monoisotopic (exact) mass is 378 g/mol. The third-order valence-corrected chi connectivity index (χ3v) is 3.89. The Morgan fingerprint density at radius 3 is 2.38 bits per heavy atom. The van der Waals surface area contributed by atoms with Crippen molar-refractivity contribution in [3.05, 3.63) is 34.3 Å². The van der Waals surface area contributed by atoms with Crippen molar-refractivity contribution in [1.82, 2.24) is 0 Å². The van der Waals surface area contributed by atoms with Crippen LogP contribution in [-0.2, 0) is 30.3 Å². The molecule has 0 aliphatic rings. The average molecular weight is 379 g/mol. The summed E-state index contributed by atoms with van der Waals surface area (Å²) in [6.45, 7) is 1.49. The van der Waals surface area contributed by atoms with Gasteiger partial charge in [-0.3, -0.25) is 8.98 Å². The van der Waals surface area contributed by atoms with Crippen LogP contribution in [0.2, 0.25) is 0 Å². The lowest BCUT2D eigenvalue weighted by atomic mass is 10.0. The highest BCUT2D eigenvalue weighted by Gasteiger charge is 2.14. The Morgan fingerprint density at radius 1 is 1.24 bits per heavy atom. The molecular weight excluding hydrogens is 360 g/mol. The van der Waals surface area contributed by atoms with Gasteiger partial charge in [0, 0.05) is 17.3 Å². The average Bonchev–Trinajstić information content (AvgIpc) is 2.38. The molecule has 0 aliphatic heterocycles. The van der Waals surface area contributed by atoms with Crippen molar-refractivity contribution in [2.45, 2.75) is 19.8 Å². The summed E-state index contributed by atoms with van der Waals surface area (Å²) in [5, 5.41) is 0. The molecule has 0 bridgehead atoms. The highest BCUT2D eigenvalue weighted by Crippen LogP contribution is 2.15. The maximum atomic E-state index is 11.1. The minimum atomic E-state index is -3.49. The molecule has 5 nitrogen and oxygen atoms in total. The van der Waals surface area contributed by atoms with E-state index in [1.807, 2.05) is 24.3 Å². The van der Waals surface area contributed by atoms with Crippen molar-refractivity contribution >= 4 is 32.0 Å². The van der Waals surface area contributed by atoms with Gasteiger partial charge in [0.1, 0.15) is 0 Å². The molecule has 0 radical (unpaired) electrons. The van der Waals surface area contributed by atoms with Crippen molar-refractivity contribution in [2.24, 2.45) is 5.92 Å². The molecule has 0 saturated carbocycles. The molecule has 21 heavy (non-hydrogen) atoms. The lowest BCUT2D eigenvalue weighted by Gasteiger charge is -2.16. The van der Waals surface area contributed by atoms with Crippen LogP contribution in [0.4, 0.5) is 0 Å². The Morgan fingerprint density at radius 2 is 1.86 bits per heavy atom. The van der Waals surface area contributed by atoms with Crippen LogP contribution in [0.25, 0.3) is 0 Å². The second-order valence-corrected chi connectivity index (χ2v) is 7.38. The SMILES string of the molecule is CC(=O)OC[C@@H](CCc1ccc(Br)cc1)COS(C)(=O)=O. The number of halogens is 1. The van der Waals surface area contributed by atoms with Crippen molar-refractivity contribution < 1.29 is 22.1 Å². The van der Waals surface area contributed by atoms with Crippen LogP contribution >= 0.6 is 15.9 Å². The van der Waals surface area contributed by atoms with E-state index in [1.165, 1.54) is 6.92 Å². The molecule has 0 heterocycles. The van der Waals surface area contributed by atoms with E-state index in [2.05, 4.69) is 15.9 Å². The van der Waals surface area contributed by atoms with Gasteiger partial charge < -0.3 is 4.74 Å². The minimum absolute atomic E-state index is 0.0165. The first-order valence-electron chi connectivity index (χ1n) is 6.48. The van der Waals surface area contributed by atoms with Crippen LogP contribution in [0.15, 0.2) is 28.7 Å². The van der Waals surface area contributed by atoms with Crippen LogP contribution in [0.1, 0.15) is 18.9 Å². The van der Waals surface area contributed by atoms with Gasteiger partial charge >= 0.3 is 5.97 Å². The molecule has 118 valence electrons. The molecule has 0 unspecified atom stereocenters. The van der Waals surface area contributed by atoms with Gasteiger partial charge in [0.15, 0.2) is 0 Å². The van der Waals surface area contributed by atoms with Gasteiger partial charge in [-0.1, -0.05) is 28.1 Å². The van der Waals surface area contributed by atoms with Crippen molar-refractivity contribution in [2.75, 3.05) is 19.5 Å². The maximum absolute atomic E-state index is 11.1. The molecule has 0 amide bonds. The Balaban J connectivity index is 2.54. The number of carbonyl (C=O) groups is 1. The zero-order chi connectivity index (χ0) is 15.9. The van der Waals surface area contributed by atoms with Gasteiger partial charge in [0.25, 0.3) is 10.1 Å². The first-order chi connectivity index (χ1) is 9.76. The third-order valence-electron chi connectivity index (χ3n) is 2.79. The number of carbonyl (C=O) groups excluding carboxylic acids is 1. The Kier molecular flexibility index (Phi) is 7.34. The summed E-state index contributed by atoms with van der Waals surface area (Å²) in [5.74, 6) is -0.546. The largest absolute Gasteiger partial charge is 0.465 e. The molecule has 1 aromatic rings. The van der Waals surface area contributed by atoms with E-state index >= 15 is 0 Å². The Bertz CT molecular complexity index is 553. The predicted molar refractivity (Wildman–Crippen MR) is 83.4 cm³/mol. The lowest BCUT2D eigenvalue weighted by molar-refractivity contribution is -0.142. The quantitative estimate of drug-likeness (QED) is 0.513. The van der Waals surface area contributed by atoms with Crippen molar-refractivity contribution in [3.63, 3.8) is 0 Å². The van der Waals surface area contributed by atoms with E-state index in [-0.39, 0.29) is 25.1 Å². The molecule has 1 atom stereocenters. The predicted octanol–water partition coefficient (Wildman–Crippen LogP) is 2.54. The Hall–Kier alpha value is -0.920. The van der Waals surface area contributed by atoms with Gasteiger partial charge in [0.05, 0.1) is 19.5 Å². The molecule has 1 aromatic carbocycles. The van der Waals surface area contributed by atoms with Crippen LogP contribution in [0.5, 0.6) is 0 Å². The van der Waals surface area contributed by atoms with Gasteiger partial charge in [0.2, 0.25) is 0 Å². The number of rotatable bonds is 8. The fraction of sp³-hybridized carbons (Fsp3) is 0.500. The van der Waals surface area contributed by atoms with Gasteiger partial charge in [-0.2, -0.15) is 8.42 Å². The van der Waals surface area contributed by atoms with E-state index in [9.17, 15) is 13.2 Å². The van der Waals surface area contributed by atoms with E-state index in [4.69, 9.17) is 8.92 Å². The van der Waals surface area contributed by atoms with E-state index < -0.39 is 10.1 Å². The maximum Gasteiger partial charge on any atom is 0.302 e. The van der Waals surface area contributed by atoms with E-state index in [1.54, 1.807) is 0 Å². The zero-order valence-corrected chi connectivity index (χ0v) is 14.4. The van der Waals surface area contributed by atoms with Gasteiger partial charge in [-0.15, -0.1) is 0 Å². The summed E-state index contributed by atoms with van der Waals surface area (Å²) >= 11 is 3.37. The van der Waals surface area contributed by atoms with E-state index in [0.29, 0.717) is 6.42 Å². The second-order valence-electron chi connectivity index (χ2n) is 4.82. The zero-order valence-electron chi connectivity index (χ0n) is 12.0. The first-order valence-corrected chi connectivity index (χ1v) is 9.09. The van der Waals surface area contributed by atoms with Crippen molar-refractivity contribution in [1.29, 1.82) is 0 Å². The highest BCUT2D eigenvalue weighted by molar-refractivity contribution is 9.10. The van der Waals surface area contributed by atoms with E-state index in [0.717, 1.165) is 22.7 Å². The van der Waals surface area contributed by atoms with Crippen LogP contribution < -0.4 is 0 Å². The number of aryl methyl sites for hydroxylation is 1. The summed E-state index contributed by atoms with van der Waals surface area (Å²) in [4.78, 5) is 10.9. The molecule has 0 aliphatic carbocycles. The number of hydrogen-bond acceptors (Lipinski definition) is 5. The first kappa shape index (κ1) is 18.1. The molecular formula is C14H19BrO5S. The number of benzene rings is 1. The topological polar surface area (TPSA) is 69.7 Å². The second kappa shape index (κ2) is 8.51. The molecule has 0 saturated heterocycles. The summed E-state index contributed by atoms with van der Waals surface area (Å²) < 4.78 is 32.9. The fourth-order valence-corrected chi connectivity index (χ4v) is 2.40. The summed E-state index contributed by atoms with van der Waals surface area (Å²) in [5.41, 5.74) is 1.13. The molecule has 0 spiro atoms. The third kappa shape index (κ3) is 8.85. The van der Waals surface area contributed by atoms with Crippen LogP contribution in [-0.4, -0.2) is 33.9 Å². The summed E-state index contributed by atoms with van der Waals surface area (Å²) in [7, 11) is -3.49. The number of ether oxygens (including phenoxy) is 1. The van der Waals surface area contributed by atoms with Gasteiger partial charge in [-0.25, -0.2) is 0 Å². The molecule has 0 aromatic heterocycles. The Labute approximate surface area is 133 Å². The standard InChI is InChI=1S/C14H19BrO5S/c1-11(16)19-9-13(10-20-21(2,17)18)4-3-12-5-7-14(15)8-6-12/h5-8,13H,3-4,9-10H2,1-2H3/t13-/m1/s1. The highest BCUT2D eigenvalue weighted by atomic mass is 79.9. The van der Waals surface area contributed by atoms with Crippen LogP contribution in [0.3, 0.4) is 0 Å². The summed E-state index contributed by atoms with van der Waals surface area (Å²) in [6, 6.07) is 7.88. The number of hydrogen-bond donors (Lipinski definition) is 0. The van der Waals surface area contributed by atoms with Crippen molar-refractivity contribution in [3.8, 4) is 0 Å². The van der Waals surface area contributed by atoms with Gasteiger partial charge in [-0.05, 0) is 30.5 Å². The normalized spacial score (nSPS) is 12.9. The smallest absolute Gasteiger partial charge is 0.302 e. The molecule has 1 rings (SSSR count). The summed E-state index contributed by atoms with van der Waals surface area (Å²) in [6.07, 6.45) is 2.43. The minimum Gasteiger partial charge on any atom is -0.465 e.